The third-order valence-electron chi connectivity index (χ3n) is 6.17. The highest BCUT2D eigenvalue weighted by Crippen LogP contribution is 2.37. The van der Waals surface area contributed by atoms with Gasteiger partial charge in [0.2, 0.25) is 5.82 Å². The first-order chi connectivity index (χ1) is 20.3. The molecule has 4 rings (SSSR count). The number of hydrogen-bond donors (Lipinski definition) is 3. The number of para-hydroxylation sites is 2. The van der Waals surface area contributed by atoms with Crippen molar-refractivity contribution in [1.82, 2.24) is 10.3 Å². The summed E-state index contributed by atoms with van der Waals surface area (Å²) in [6, 6.07) is 11.8. The van der Waals surface area contributed by atoms with E-state index in [2.05, 4.69) is 27.9 Å². The second-order valence-electron chi connectivity index (χ2n) is 10.6. The molecule has 0 bridgehead atoms. The van der Waals surface area contributed by atoms with Crippen molar-refractivity contribution in [2.45, 2.75) is 46.1 Å². The van der Waals surface area contributed by atoms with E-state index in [-0.39, 0.29) is 11.4 Å². The number of unbranched alkanes of at least 4 members (excludes halogenated alkanes) is 1. The number of aromatic nitrogens is 1. The van der Waals surface area contributed by atoms with Gasteiger partial charge in [-0.2, -0.15) is 0 Å². The van der Waals surface area contributed by atoms with E-state index in [1.807, 2.05) is 20.8 Å². The molecule has 0 saturated heterocycles. The first kappa shape index (κ1) is 31.6. The normalized spacial score (nSPS) is 11.4. The highest BCUT2D eigenvalue weighted by Gasteiger charge is 2.28. The van der Waals surface area contributed by atoms with Gasteiger partial charge in [0.1, 0.15) is 17.0 Å². The van der Waals surface area contributed by atoms with E-state index < -0.39 is 51.7 Å². The zero-order valence-corrected chi connectivity index (χ0v) is 24.6. The lowest BCUT2D eigenvalue weighted by atomic mass is 10.0. The molecule has 6 nitrogen and oxygen atoms in total. The molecular formula is C31H29F5N4O2S. The summed E-state index contributed by atoms with van der Waals surface area (Å²) in [7, 11) is 0. The van der Waals surface area contributed by atoms with Gasteiger partial charge in [0, 0.05) is 29.2 Å². The Hall–Kier alpha value is -4.32. The van der Waals surface area contributed by atoms with Crippen LogP contribution in [-0.2, 0) is 0 Å². The summed E-state index contributed by atoms with van der Waals surface area (Å²) >= 11 is 5.41. The lowest BCUT2D eigenvalue weighted by molar-refractivity contribution is 0.101. The van der Waals surface area contributed by atoms with Crippen LogP contribution in [0.5, 0.6) is 5.75 Å². The molecule has 1 aromatic heterocycles. The number of nitrogens with zero attached hydrogens (tertiary/aromatic N) is 1. The number of rotatable bonds is 8. The number of pyridine rings is 1. The first-order valence-electron chi connectivity index (χ1n) is 13.4. The number of carbonyl (C=O) groups is 1. The zero-order valence-electron chi connectivity index (χ0n) is 23.8. The summed E-state index contributed by atoms with van der Waals surface area (Å²) in [6.07, 6.45) is 1.89. The molecule has 0 unspecified atom stereocenters. The topological polar surface area (TPSA) is 75.3 Å². The SMILES string of the molecule is CCCCNC(=S)Nc1cccc2c(OC(C)(C)C)cc(C(=O)Nc3ccccc3-c3c(F)c(F)c(F)c(F)c3F)nc12. The summed E-state index contributed by atoms with van der Waals surface area (Å²) in [4.78, 5) is 18.1. The van der Waals surface area contributed by atoms with E-state index in [4.69, 9.17) is 17.0 Å². The third kappa shape index (κ3) is 7.02. The van der Waals surface area contributed by atoms with Crippen molar-refractivity contribution in [3.63, 3.8) is 0 Å². The molecule has 0 aliphatic rings. The molecule has 43 heavy (non-hydrogen) atoms. The molecule has 1 amide bonds. The number of ether oxygens (including phenoxy) is 1. The fourth-order valence-electron chi connectivity index (χ4n) is 4.23. The van der Waals surface area contributed by atoms with Gasteiger partial charge in [0.25, 0.3) is 5.91 Å². The Morgan fingerprint density at radius 3 is 2.16 bits per heavy atom. The van der Waals surface area contributed by atoms with E-state index in [1.165, 1.54) is 24.3 Å². The number of benzene rings is 3. The molecule has 0 spiro atoms. The second-order valence-corrected chi connectivity index (χ2v) is 11.0. The predicted octanol–water partition coefficient (Wildman–Crippen LogP) is 8.11. The van der Waals surface area contributed by atoms with Gasteiger partial charge in [-0.25, -0.2) is 26.9 Å². The van der Waals surface area contributed by atoms with Crippen molar-refractivity contribution in [3.05, 3.63) is 83.3 Å². The molecule has 12 heteroatoms. The number of anilines is 2. The molecule has 1 heterocycles. The average molecular weight is 617 g/mol. The van der Waals surface area contributed by atoms with Crippen LogP contribution in [0, 0.1) is 29.1 Å². The van der Waals surface area contributed by atoms with Gasteiger partial charge in [-0.15, -0.1) is 0 Å². The number of halogens is 5. The van der Waals surface area contributed by atoms with Crippen LogP contribution in [0.2, 0.25) is 0 Å². The Labute approximate surface area is 250 Å². The molecule has 0 radical (unpaired) electrons. The fourth-order valence-corrected chi connectivity index (χ4v) is 4.44. The molecule has 226 valence electrons. The van der Waals surface area contributed by atoms with Crippen molar-refractivity contribution < 1.29 is 31.5 Å². The molecule has 0 fully saturated rings. The lowest BCUT2D eigenvalue weighted by Gasteiger charge is -2.23. The van der Waals surface area contributed by atoms with Crippen molar-refractivity contribution in [2.24, 2.45) is 0 Å². The van der Waals surface area contributed by atoms with Gasteiger partial charge < -0.3 is 20.7 Å². The van der Waals surface area contributed by atoms with Crippen LogP contribution >= 0.6 is 12.2 Å². The van der Waals surface area contributed by atoms with Crippen LogP contribution in [0.15, 0.2) is 48.5 Å². The third-order valence-corrected chi connectivity index (χ3v) is 6.42. The Morgan fingerprint density at radius 1 is 0.884 bits per heavy atom. The van der Waals surface area contributed by atoms with Crippen LogP contribution in [-0.4, -0.2) is 28.1 Å². The molecule has 3 aromatic carbocycles. The maximum atomic E-state index is 14.7. The summed E-state index contributed by atoms with van der Waals surface area (Å²) in [5, 5.41) is 9.63. The standard InChI is InChI=1S/C31H29F5N4O2S/c1-5-6-14-37-30(43)40-19-13-9-11-17-21(42-31(2,3)4)15-20(38-28(17)19)29(41)39-18-12-8-7-10-16(18)22-23(32)25(34)27(36)26(35)24(22)33/h7-13,15H,5-6,14H2,1-4H3,(H,39,41)(H2,37,40,43). The quantitative estimate of drug-likeness (QED) is 0.0611. The van der Waals surface area contributed by atoms with Crippen LogP contribution in [0.4, 0.5) is 33.3 Å². The minimum absolute atomic E-state index is 0.141. The van der Waals surface area contributed by atoms with Crippen LogP contribution in [0.3, 0.4) is 0 Å². The number of thiocarbonyl (C=S) groups is 1. The molecular weight excluding hydrogens is 587 g/mol. The van der Waals surface area contributed by atoms with Crippen LogP contribution in [0.1, 0.15) is 51.0 Å². The Balaban J connectivity index is 1.78. The van der Waals surface area contributed by atoms with E-state index >= 15 is 0 Å². The van der Waals surface area contributed by atoms with Gasteiger partial charge in [-0.05, 0) is 57.6 Å². The zero-order chi connectivity index (χ0) is 31.5. The minimum Gasteiger partial charge on any atom is -0.487 e. The largest absolute Gasteiger partial charge is 0.487 e. The van der Waals surface area contributed by atoms with Crippen LogP contribution in [0.25, 0.3) is 22.0 Å². The maximum absolute atomic E-state index is 14.7. The highest BCUT2D eigenvalue weighted by atomic mass is 32.1. The number of hydrogen-bond acceptors (Lipinski definition) is 4. The molecule has 0 atom stereocenters. The Kier molecular flexibility index (Phi) is 9.49. The van der Waals surface area contributed by atoms with Crippen molar-refractivity contribution in [2.75, 3.05) is 17.2 Å². The molecule has 0 aliphatic carbocycles. The number of nitrogens with one attached hydrogen (secondary N) is 3. The monoisotopic (exact) mass is 616 g/mol. The lowest BCUT2D eigenvalue weighted by Crippen LogP contribution is -2.29. The average Bonchev–Trinajstić information content (AvgIpc) is 2.95. The van der Waals surface area contributed by atoms with Gasteiger partial charge in [-0.3, -0.25) is 4.79 Å². The van der Waals surface area contributed by atoms with Crippen molar-refractivity contribution >= 4 is 45.5 Å². The number of amides is 1. The molecule has 0 saturated carbocycles. The Bertz CT molecular complexity index is 1680. The van der Waals surface area contributed by atoms with Crippen molar-refractivity contribution in [1.29, 1.82) is 0 Å². The number of carbonyl (C=O) groups excluding carboxylic acids is 1. The second kappa shape index (κ2) is 12.9. The summed E-state index contributed by atoms with van der Waals surface area (Å²) in [5.74, 6) is -11.0. The first-order valence-corrected chi connectivity index (χ1v) is 13.8. The highest BCUT2D eigenvalue weighted by molar-refractivity contribution is 7.80. The fraction of sp³-hybridized carbons (Fsp3) is 0.258. The van der Waals surface area contributed by atoms with Crippen molar-refractivity contribution in [3.8, 4) is 16.9 Å². The van der Waals surface area contributed by atoms with Gasteiger partial charge in [-0.1, -0.05) is 37.6 Å². The Morgan fingerprint density at radius 2 is 1.51 bits per heavy atom. The van der Waals surface area contributed by atoms with E-state index in [1.54, 1.807) is 18.2 Å². The molecule has 0 aliphatic heterocycles. The predicted molar refractivity (Wildman–Crippen MR) is 161 cm³/mol. The van der Waals surface area contributed by atoms with Crippen LogP contribution < -0.4 is 20.7 Å². The van der Waals surface area contributed by atoms with Gasteiger partial charge in [0.05, 0.1) is 16.8 Å². The summed E-state index contributed by atoms with van der Waals surface area (Å²) in [5.41, 5.74) is -1.76. The molecule has 4 aromatic rings. The smallest absolute Gasteiger partial charge is 0.274 e. The van der Waals surface area contributed by atoms with E-state index in [0.717, 1.165) is 18.9 Å². The van der Waals surface area contributed by atoms with Gasteiger partial charge >= 0.3 is 0 Å². The van der Waals surface area contributed by atoms with E-state index in [0.29, 0.717) is 34.0 Å². The number of fused-ring (bicyclic) bond motifs is 1. The van der Waals surface area contributed by atoms with E-state index in [9.17, 15) is 26.7 Å². The summed E-state index contributed by atoms with van der Waals surface area (Å²) < 4.78 is 77.2. The molecule has 3 N–H and O–H groups in total. The minimum atomic E-state index is -2.28. The maximum Gasteiger partial charge on any atom is 0.274 e. The summed E-state index contributed by atoms with van der Waals surface area (Å²) in [6.45, 7) is 8.20. The van der Waals surface area contributed by atoms with Gasteiger partial charge in [0.15, 0.2) is 28.4 Å².